The van der Waals surface area contributed by atoms with Crippen molar-refractivity contribution in [1.29, 1.82) is 0 Å². The van der Waals surface area contributed by atoms with E-state index in [-0.39, 0.29) is 11.9 Å². The summed E-state index contributed by atoms with van der Waals surface area (Å²) in [5.41, 5.74) is 4.45. The van der Waals surface area contributed by atoms with Gasteiger partial charge in [-0.2, -0.15) is 0 Å². The van der Waals surface area contributed by atoms with Crippen molar-refractivity contribution >= 4 is 12.0 Å². The van der Waals surface area contributed by atoms with E-state index in [1.807, 2.05) is 30.3 Å². The van der Waals surface area contributed by atoms with E-state index in [1.54, 1.807) is 30.3 Å². The van der Waals surface area contributed by atoms with Gasteiger partial charge in [-0.25, -0.2) is 9.37 Å². The van der Waals surface area contributed by atoms with Crippen LogP contribution in [0.25, 0.3) is 11.8 Å². The quantitative estimate of drug-likeness (QED) is 0.604. The van der Waals surface area contributed by atoms with E-state index in [9.17, 15) is 9.18 Å². The monoisotopic (exact) mass is 405 g/mol. The summed E-state index contributed by atoms with van der Waals surface area (Å²) in [6.45, 7) is 1.45. The second-order valence-electron chi connectivity index (χ2n) is 7.39. The lowest BCUT2D eigenvalue weighted by atomic mass is 10.1. The number of nitrogens with zero attached hydrogens (tertiary/aromatic N) is 2. The lowest BCUT2D eigenvalue weighted by molar-refractivity contribution is -0.117. The number of aromatic nitrogens is 2. The molecule has 1 aromatic heterocycles. The van der Waals surface area contributed by atoms with Crippen LogP contribution in [0, 0.1) is 0 Å². The zero-order valence-electron chi connectivity index (χ0n) is 17.0. The molecule has 5 nitrogen and oxygen atoms in total. The summed E-state index contributed by atoms with van der Waals surface area (Å²) in [4.78, 5) is 16.5. The van der Waals surface area contributed by atoms with Gasteiger partial charge in [0.2, 0.25) is 5.91 Å². The summed E-state index contributed by atoms with van der Waals surface area (Å²) >= 11 is 0. The molecule has 0 bridgehead atoms. The molecule has 1 aliphatic carbocycles. The molecule has 154 valence electrons. The first-order chi connectivity index (χ1) is 14.5. The van der Waals surface area contributed by atoms with Gasteiger partial charge in [0.25, 0.3) is 0 Å². The average Bonchev–Trinajstić information content (AvgIpc) is 3.40. The number of rotatable bonds is 6. The molecule has 1 N–H and O–H groups in total. The zero-order valence-corrected chi connectivity index (χ0v) is 17.0. The number of hydrogen-bond acceptors (Lipinski definition) is 3. The van der Waals surface area contributed by atoms with E-state index in [0.29, 0.717) is 11.4 Å². The molecule has 2 unspecified atom stereocenters. The van der Waals surface area contributed by atoms with Gasteiger partial charge in [0.1, 0.15) is 11.9 Å². The molecule has 1 aliphatic rings. The summed E-state index contributed by atoms with van der Waals surface area (Å²) < 4.78 is 20.7. The van der Waals surface area contributed by atoms with Crippen molar-refractivity contribution in [2.24, 2.45) is 0 Å². The summed E-state index contributed by atoms with van der Waals surface area (Å²) in [6, 6.07) is 13.9. The number of carbonyl (C=O) groups excluding carboxylic acids is 1. The summed E-state index contributed by atoms with van der Waals surface area (Å²) in [5.74, 6) is 0.480. The number of hydrogen-bond donors (Lipinski definition) is 1. The number of fused-ring (bicyclic) bond motifs is 1. The van der Waals surface area contributed by atoms with Crippen LogP contribution in [0.4, 0.5) is 4.39 Å². The Hall–Kier alpha value is -3.41. The van der Waals surface area contributed by atoms with Gasteiger partial charge >= 0.3 is 0 Å². The first-order valence-electron chi connectivity index (χ1n) is 9.98. The molecule has 0 saturated carbocycles. The van der Waals surface area contributed by atoms with Gasteiger partial charge in [-0.1, -0.05) is 30.3 Å². The highest BCUT2D eigenvalue weighted by atomic mass is 19.1. The minimum absolute atomic E-state index is 0.0589. The highest BCUT2D eigenvalue weighted by Gasteiger charge is 2.22. The van der Waals surface area contributed by atoms with Crippen molar-refractivity contribution in [2.75, 3.05) is 7.11 Å². The van der Waals surface area contributed by atoms with E-state index in [1.165, 1.54) is 24.1 Å². The number of carbonyl (C=O) groups is 1. The third-order valence-electron chi connectivity index (χ3n) is 5.37. The van der Waals surface area contributed by atoms with E-state index < -0.39 is 6.17 Å². The topological polar surface area (TPSA) is 56.1 Å². The maximum absolute atomic E-state index is 13.5. The van der Waals surface area contributed by atoms with E-state index >= 15 is 0 Å². The Balaban J connectivity index is 1.46. The second kappa shape index (κ2) is 8.53. The first kappa shape index (κ1) is 19.9. The van der Waals surface area contributed by atoms with Crippen molar-refractivity contribution in [2.45, 2.75) is 32.0 Å². The molecule has 2 atom stereocenters. The molecule has 0 fully saturated rings. The predicted octanol–water partition coefficient (Wildman–Crippen LogP) is 4.73. The molecule has 0 radical (unpaired) electrons. The van der Waals surface area contributed by atoms with Crippen LogP contribution in [-0.4, -0.2) is 22.6 Å². The number of imidazole rings is 1. The number of amides is 1. The second-order valence-corrected chi connectivity index (χ2v) is 7.39. The average molecular weight is 405 g/mol. The van der Waals surface area contributed by atoms with E-state index in [4.69, 9.17) is 4.74 Å². The van der Waals surface area contributed by atoms with Crippen LogP contribution in [0.5, 0.6) is 5.75 Å². The van der Waals surface area contributed by atoms with Gasteiger partial charge in [-0.3, -0.25) is 4.79 Å². The number of ether oxygens (including phenoxy) is 1. The maximum atomic E-state index is 13.5. The maximum Gasteiger partial charge on any atom is 0.244 e. The Labute approximate surface area is 175 Å². The largest absolute Gasteiger partial charge is 0.495 e. The lowest BCUT2D eigenvalue weighted by Gasteiger charge is -2.12. The molecule has 6 heteroatoms. The number of nitrogens with one attached hydrogen (secondary N) is 1. The van der Waals surface area contributed by atoms with Gasteiger partial charge < -0.3 is 14.6 Å². The molecule has 1 heterocycles. The minimum Gasteiger partial charge on any atom is -0.495 e. The van der Waals surface area contributed by atoms with Crippen LogP contribution in [0.1, 0.15) is 47.9 Å². The molecule has 1 amide bonds. The Bertz CT molecular complexity index is 1090. The number of benzene rings is 2. The summed E-state index contributed by atoms with van der Waals surface area (Å²) in [7, 11) is 1.58. The summed E-state index contributed by atoms with van der Waals surface area (Å²) in [5, 5.41) is 3.08. The molecule has 4 rings (SSSR count). The highest BCUT2D eigenvalue weighted by Crippen LogP contribution is 2.31. The SMILES string of the molecule is COc1cc(/C=C/C(=O)NC2CCc3ccccc32)ccc1-n1cnc(C(C)F)c1. The van der Waals surface area contributed by atoms with Crippen LogP contribution in [0.15, 0.2) is 61.1 Å². The first-order valence-corrected chi connectivity index (χ1v) is 9.98. The van der Waals surface area contributed by atoms with Crippen LogP contribution in [0.2, 0.25) is 0 Å². The van der Waals surface area contributed by atoms with Crippen LogP contribution < -0.4 is 10.1 Å². The summed E-state index contributed by atoms with van der Waals surface area (Å²) in [6.07, 6.45) is 7.27. The fourth-order valence-electron chi connectivity index (χ4n) is 3.79. The van der Waals surface area contributed by atoms with Gasteiger partial charge in [0, 0.05) is 12.3 Å². The molecule has 3 aromatic rings. The number of halogens is 1. The number of methoxy groups -OCH3 is 1. The van der Waals surface area contributed by atoms with E-state index in [0.717, 1.165) is 24.1 Å². The van der Waals surface area contributed by atoms with Gasteiger partial charge in [0.05, 0.1) is 30.9 Å². The molecule has 0 saturated heterocycles. The highest BCUT2D eigenvalue weighted by molar-refractivity contribution is 5.92. The van der Waals surface area contributed by atoms with Crippen molar-refractivity contribution in [3.05, 3.63) is 83.4 Å². The fraction of sp³-hybridized carbons (Fsp3) is 0.250. The minimum atomic E-state index is -1.13. The van der Waals surface area contributed by atoms with Crippen LogP contribution in [-0.2, 0) is 11.2 Å². The van der Waals surface area contributed by atoms with Gasteiger partial charge in [-0.05, 0) is 54.7 Å². The van der Waals surface area contributed by atoms with E-state index in [2.05, 4.69) is 22.4 Å². The fourth-order valence-corrected chi connectivity index (χ4v) is 3.79. The Morgan fingerprint density at radius 2 is 2.17 bits per heavy atom. The number of alkyl halides is 1. The smallest absolute Gasteiger partial charge is 0.244 e. The predicted molar refractivity (Wildman–Crippen MR) is 114 cm³/mol. The zero-order chi connectivity index (χ0) is 21.1. The molecule has 30 heavy (non-hydrogen) atoms. The van der Waals surface area contributed by atoms with Crippen LogP contribution in [0.3, 0.4) is 0 Å². The third-order valence-corrected chi connectivity index (χ3v) is 5.37. The molecule has 0 aliphatic heterocycles. The van der Waals surface area contributed by atoms with Crippen molar-refractivity contribution in [3.8, 4) is 11.4 Å². The Morgan fingerprint density at radius 1 is 1.33 bits per heavy atom. The van der Waals surface area contributed by atoms with Crippen molar-refractivity contribution in [3.63, 3.8) is 0 Å². The Kier molecular flexibility index (Phi) is 5.65. The standard InChI is InChI=1S/C24H24FN3O2/c1-16(25)21-14-28(15-26-21)22-11-7-17(13-23(22)30-2)8-12-24(29)27-20-10-9-18-5-3-4-6-19(18)20/h3-8,11-16,20H,9-10H2,1-2H3,(H,27,29)/b12-8+. The van der Waals surface area contributed by atoms with Crippen molar-refractivity contribution < 1.29 is 13.9 Å². The molecular formula is C24H24FN3O2. The van der Waals surface area contributed by atoms with Crippen molar-refractivity contribution in [1.82, 2.24) is 14.9 Å². The van der Waals surface area contributed by atoms with Gasteiger partial charge in [0.15, 0.2) is 0 Å². The molecule has 2 aromatic carbocycles. The molecular weight excluding hydrogens is 381 g/mol. The Morgan fingerprint density at radius 3 is 2.93 bits per heavy atom. The number of aryl methyl sites for hydroxylation is 1. The normalized spacial score (nSPS) is 16.4. The van der Waals surface area contributed by atoms with Crippen LogP contribution >= 0.6 is 0 Å². The third kappa shape index (κ3) is 4.13. The van der Waals surface area contributed by atoms with Gasteiger partial charge in [-0.15, -0.1) is 0 Å². The lowest BCUT2D eigenvalue weighted by Crippen LogP contribution is -2.25. The molecule has 0 spiro atoms.